The number of allylic oxidation sites excluding steroid dienone is 1. The first-order valence-electron chi connectivity index (χ1n) is 8.26. The fraction of sp³-hybridized carbons (Fsp3) is 0.238. The molecule has 1 aromatic carbocycles. The van der Waals surface area contributed by atoms with Gasteiger partial charge in [0, 0.05) is 35.1 Å². The number of methoxy groups -OCH3 is 1. The van der Waals surface area contributed by atoms with Gasteiger partial charge < -0.3 is 14.0 Å². The van der Waals surface area contributed by atoms with Gasteiger partial charge in [0.2, 0.25) is 5.78 Å². The molecule has 0 aliphatic carbocycles. The number of ether oxygens (including phenoxy) is 2. The predicted molar refractivity (Wildman–Crippen MR) is 101 cm³/mol. The summed E-state index contributed by atoms with van der Waals surface area (Å²) < 4.78 is 12.3. The maximum atomic E-state index is 12.4. The summed E-state index contributed by atoms with van der Waals surface area (Å²) in [4.78, 5) is 24.2. The quantitative estimate of drug-likeness (QED) is 0.314. The molecule has 136 valence electrons. The Hall–Kier alpha value is -3.08. The highest BCUT2D eigenvalue weighted by molar-refractivity contribution is 6.00. The van der Waals surface area contributed by atoms with E-state index < -0.39 is 5.97 Å². The highest BCUT2D eigenvalue weighted by atomic mass is 16.5. The molecule has 0 spiro atoms. The third kappa shape index (κ3) is 4.51. The molecule has 0 aliphatic rings. The van der Waals surface area contributed by atoms with Crippen LogP contribution in [0.5, 0.6) is 5.75 Å². The number of rotatable bonds is 8. The Morgan fingerprint density at radius 3 is 2.65 bits per heavy atom. The summed E-state index contributed by atoms with van der Waals surface area (Å²) in [7, 11) is 1.56. The molecule has 0 saturated carbocycles. The summed E-state index contributed by atoms with van der Waals surface area (Å²) in [5, 5.41) is 0. The van der Waals surface area contributed by atoms with Gasteiger partial charge in [-0.2, -0.15) is 0 Å². The largest absolute Gasteiger partial charge is 0.496 e. The van der Waals surface area contributed by atoms with Gasteiger partial charge in [0.15, 0.2) is 6.61 Å². The number of ketones is 1. The average molecular weight is 353 g/mol. The molecule has 0 N–H and O–H groups in total. The van der Waals surface area contributed by atoms with E-state index in [4.69, 9.17) is 9.47 Å². The molecule has 5 heteroatoms. The smallest absolute Gasteiger partial charge is 0.331 e. The topological polar surface area (TPSA) is 57.5 Å². The molecule has 0 fully saturated rings. The number of hydrogen-bond acceptors (Lipinski definition) is 4. The Bertz CT molecular complexity index is 846. The van der Waals surface area contributed by atoms with Gasteiger partial charge in [-0.15, -0.1) is 6.58 Å². The minimum atomic E-state index is -0.579. The summed E-state index contributed by atoms with van der Waals surface area (Å²) in [6, 6.07) is 9.11. The summed E-state index contributed by atoms with van der Waals surface area (Å²) >= 11 is 0. The Kier molecular flexibility index (Phi) is 6.55. The lowest BCUT2D eigenvalue weighted by molar-refractivity contribution is -0.136. The Balaban J connectivity index is 1.99. The normalized spacial score (nSPS) is 10.7. The van der Waals surface area contributed by atoms with Crippen molar-refractivity contribution in [1.29, 1.82) is 0 Å². The van der Waals surface area contributed by atoms with Crippen LogP contribution < -0.4 is 4.74 Å². The third-order valence-electron chi connectivity index (χ3n) is 4.07. The maximum Gasteiger partial charge on any atom is 0.331 e. The predicted octanol–water partition coefficient (Wildman–Crippen LogP) is 3.74. The molecule has 1 aromatic heterocycles. The number of Topliss-reactive ketones (excluding diaryl/α,β-unsaturated/α-hetero) is 1. The number of carbonyl (C=O) groups excluding carboxylic acids is 2. The molecule has 1 heterocycles. The zero-order valence-corrected chi connectivity index (χ0v) is 15.3. The van der Waals surface area contributed by atoms with Gasteiger partial charge >= 0.3 is 5.97 Å². The number of benzene rings is 1. The fourth-order valence-corrected chi connectivity index (χ4v) is 2.72. The zero-order valence-electron chi connectivity index (χ0n) is 15.3. The zero-order chi connectivity index (χ0) is 19.1. The molecule has 0 aliphatic heterocycles. The summed E-state index contributed by atoms with van der Waals surface area (Å²) in [5.74, 6) is -0.154. The van der Waals surface area contributed by atoms with Crippen LogP contribution in [0.4, 0.5) is 0 Å². The highest BCUT2D eigenvalue weighted by Gasteiger charge is 2.16. The van der Waals surface area contributed by atoms with Crippen LogP contribution in [0.15, 0.2) is 49.1 Å². The third-order valence-corrected chi connectivity index (χ3v) is 4.07. The van der Waals surface area contributed by atoms with E-state index in [1.165, 1.54) is 6.08 Å². The van der Waals surface area contributed by atoms with Crippen molar-refractivity contribution in [2.75, 3.05) is 13.7 Å². The number of esters is 1. The second kappa shape index (κ2) is 8.85. The first-order valence-corrected chi connectivity index (χ1v) is 8.26. The van der Waals surface area contributed by atoms with E-state index in [1.54, 1.807) is 31.4 Å². The van der Waals surface area contributed by atoms with E-state index in [0.717, 1.165) is 17.0 Å². The van der Waals surface area contributed by atoms with Gasteiger partial charge in [-0.25, -0.2) is 4.79 Å². The average Bonchev–Trinajstić information content (AvgIpc) is 2.93. The van der Waals surface area contributed by atoms with Gasteiger partial charge in [0.05, 0.1) is 7.11 Å². The molecule has 2 aromatic rings. The van der Waals surface area contributed by atoms with Crippen molar-refractivity contribution in [2.24, 2.45) is 0 Å². The number of aryl methyl sites for hydroxylation is 1. The molecular weight excluding hydrogens is 330 g/mol. The molecule has 5 nitrogen and oxygen atoms in total. The Morgan fingerprint density at radius 1 is 1.23 bits per heavy atom. The molecule has 0 bridgehead atoms. The first kappa shape index (κ1) is 19.2. The van der Waals surface area contributed by atoms with Gasteiger partial charge in [-0.1, -0.05) is 24.3 Å². The van der Waals surface area contributed by atoms with Crippen molar-refractivity contribution >= 4 is 17.8 Å². The van der Waals surface area contributed by atoms with Crippen LogP contribution in [0.3, 0.4) is 0 Å². The van der Waals surface area contributed by atoms with E-state index in [1.807, 2.05) is 36.6 Å². The van der Waals surface area contributed by atoms with Crippen LogP contribution in [0, 0.1) is 13.8 Å². The number of hydrogen-bond donors (Lipinski definition) is 0. The maximum absolute atomic E-state index is 12.4. The van der Waals surface area contributed by atoms with Crippen molar-refractivity contribution in [3.63, 3.8) is 0 Å². The van der Waals surface area contributed by atoms with Gasteiger partial charge in [-0.05, 0) is 32.1 Å². The van der Waals surface area contributed by atoms with Crippen LogP contribution in [0.2, 0.25) is 0 Å². The van der Waals surface area contributed by atoms with Crippen molar-refractivity contribution in [3.05, 3.63) is 71.6 Å². The number of nitrogens with zero attached hydrogens (tertiary/aromatic N) is 1. The minimum absolute atomic E-state index is 0.229. The van der Waals surface area contributed by atoms with E-state index in [0.29, 0.717) is 17.9 Å². The lowest BCUT2D eigenvalue weighted by atomic mass is 10.1. The molecule has 2 rings (SSSR count). The summed E-state index contributed by atoms with van der Waals surface area (Å²) in [5.41, 5.74) is 3.12. The monoisotopic (exact) mass is 353 g/mol. The molecule has 0 unspecified atom stereocenters. The number of carbonyl (C=O) groups is 2. The molecule has 0 saturated heterocycles. The van der Waals surface area contributed by atoms with Gasteiger partial charge in [-0.3, -0.25) is 4.79 Å². The van der Waals surface area contributed by atoms with Crippen molar-refractivity contribution < 1.29 is 19.1 Å². The van der Waals surface area contributed by atoms with Crippen LogP contribution in [0.25, 0.3) is 6.08 Å². The van der Waals surface area contributed by atoms with Gasteiger partial charge in [0.25, 0.3) is 0 Å². The van der Waals surface area contributed by atoms with Crippen LogP contribution in [0.1, 0.15) is 27.3 Å². The highest BCUT2D eigenvalue weighted by Crippen LogP contribution is 2.19. The van der Waals surface area contributed by atoms with Crippen LogP contribution in [-0.2, 0) is 16.1 Å². The summed E-state index contributed by atoms with van der Waals surface area (Å²) in [6.07, 6.45) is 4.66. The second-order valence-corrected chi connectivity index (χ2v) is 5.79. The fourth-order valence-electron chi connectivity index (χ4n) is 2.72. The van der Waals surface area contributed by atoms with E-state index in [9.17, 15) is 9.59 Å². The van der Waals surface area contributed by atoms with Crippen molar-refractivity contribution in [1.82, 2.24) is 4.57 Å². The second-order valence-electron chi connectivity index (χ2n) is 5.79. The van der Waals surface area contributed by atoms with Crippen LogP contribution >= 0.6 is 0 Å². The molecular formula is C21H23NO4. The standard InChI is InChI=1S/C21H23NO4/c1-5-12-22-15(2)13-18(16(22)3)19(23)14-26-21(24)11-10-17-8-6-7-9-20(17)25-4/h5-11,13H,1,12,14H2,2-4H3/b11-10+. The van der Waals surface area contributed by atoms with Crippen molar-refractivity contribution in [3.8, 4) is 5.75 Å². The number of para-hydroxylation sites is 1. The molecule has 26 heavy (non-hydrogen) atoms. The molecule has 0 atom stereocenters. The van der Waals surface area contributed by atoms with E-state index in [-0.39, 0.29) is 12.4 Å². The summed E-state index contributed by atoms with van der Waals surface area (Å²) in [6.45, 7) is 7.85. The number of aromatic nitrogens is 1. The van der Waals surface area contributed by atoms with Crippen molar-refractivity contribution in [2.45, 2.75) is 20.4 Å². The Labute approximate surface area is 153 Å². The van der Waals surface area contributed by atoms with Crippen LogP contribution in [-0.4, -0.2) is 30.0 Å². The van der Waals surface area contributed by atoms with E-state index in [2.05, 4.69) is 6.58 Å². The first-order chi connectivity index (χ1) is 12.5. The lowest BCUT2D eigenvalue weighted by Gasteiger charge is -2.06. The SMILES string of the molecule is C=CCn1c(C)cc(C(=O)COC(=O)/C=C/c2ccccc2OC)c1C. The Morgan fingerprint density at radius 2 is 1.96 bits per heavy atom. The van der Waals surface area contributed by atoms with Gasteiger partial charge in [0.1, 0.15) is 5.75 Å². The molecule has 0 radical (unpaired) electrons. The minimum Gasteiger partial charge on any atom is -0.496 e. The lowest BCUT2D eigenvalue weighted by Crippen LogP contribution is -2.13. The molecule has 0 amide bonds. The van der Waals surface area contributed by atoms with E-state index >= 15 is 0 Å².